The lowest BCUT2D eigenvalue weighted by Gasteiger charge is -2.38. The van der Waals surface area contributed by atoms with Gasteiger partial charge in [-0.3, -0.25) is 14.7 Å². The zero-order valence-corrected chi connectivity index (χ0v) is 26.7. The molecule has 1 saturated carbocycles. The first kappa shape index (κ1) is 31.5. The van der Waals surface area contributed by atoms with Crippen molar-refractivity contribution in [3.63, 3.8) is 0 Å². The Morgan fingerprint density at radius 3 is 2.67 bits per heavy atom. The minimum atomic E-state index is -0.0979. The maximum atomic E-state index is 13.0. The minimum Gasteiger partial charge on any atom is -0.461 e. The summed E-state index contributed by atoms with van der Waals surface area (Å²) in [5.74, 6) is 1.08. The number of hydrogen-bond acceptors (Lipinski definition) is 7. The molecule has 9 heteroatoms. The molecule has 224 valence electrons. The van der Waals surface area contributed by atoms with Gasteiger partial charge in [0.2, 0.25) is 0 Å². The highest BCUT2D eigenvalue weighted by atomic mass is 35.5. The summed E-state index contributed by atoms with van der Waals surface area (Å²) >= 11 is 7.80. The van der Waals surface area contributed by atoms with Crippen molar-refractivity contribution in [3.05, 3.63) is 28.0 Å². The molecular formula is C31H48ClN3O4S. The molecule has 0 bridgehead atoms. The number of rotatable bonds is 11. The number of esters is 1. The molecule has 7 nitrogen and oxygen atoms in total. The van der Waals surface area contributed by atoms with Gasteiger partial charge in [-0.25, -0.2) is 0 Å². The summed E-state index contributed by atoms with van der Waals surface area (Å²) in [6.45, 7) is 8.73. The van der Waals surface area contributed by atoms with Gasteiger partial charge in [0.05, 0.1) is 35.6 Å². The maximum absolute atomic E-state index is 13.0. The van der Waals surface area contributed by atoms with Crippen molar-refractivity contribution in [3.8, 4) is 0 Å². The average molecular weight is 594 g/mol. The van der Waals surface area contributed by atoms with Gasteiger partial charge < -0.3 is 18.8 Å². The molecule has 2 aliphatic rings. The first-order chi connectivity index (χ1) is 19.2. The summed E-state index contributed by atoms with van der Waals surface area (Å²) in [6.07, 6.45) is 7.34. The summed E-state index contributed by atoms with van der Waals surface area (Å²) in [7, 11) is 5.87. The molecule has 0 spiro atoms. The van der Waals surface area contributed by atoms with E-state index in [4.69, 9.17) is 30.8 Å². The van der Waals surface area contributed by atoms with E-state index in [2.05, 4.69) is 30.2 Å². The van der Waals surface area contributed by atoms with Crippen molar-refractivity contribution in [2.75, 3.05) is 33.9 Å². The van der Waals surface area contributed by atoms with Crippen molar-refractivity contribution in [2.24, 2.45) is 29.8 Å². The smallest absolute Gasteiger partial charge is 0.323 e. The van der Waals surface area contributed by atoms with E-state index in [0.717, 1.165) is 71.5 Å². The standard InChI is InChI=1S/C31H48ClN3O4S/c1-20(2)29(39-30(36)25-9-7-8-15-34(25)4)21(3)17-22-10-13-26(27(18-22)37-6)38-16-14-33-31-35(5)24-12-11-23(32)19-28(24)40-31/h11-12,19-22,25-27,29H,7-10,13-18H2,1-6H3/t21-,22+,25?,26-,27-,29+/m1/s1. The Labute approximate surface area is 248 Å². The molecule has 1 saturated heterocycles. The fraction of sp³-hybridized carbons (Fsp3) is 0.742. The molecule has 1 aromatic heterocycles. The van der Waals surface area contributed by atoms with Crippen LogP contribution in [-0.2, 0) is 26.1 Å². The Bertz CT molecular complexity index is 1180. The van der Waals surface area contributed by atoms with Gasteiger partial charge in [0.15, 0.2) is 4.80 Å². The summed E-state index contributed by atoms with van der Waals surface area (Å²) in [4.78, 5) is 21.0. The number of aromatic nitrogens is 1. The molecule has 4 rings (SSSR count). The molecule has 2 fully saturated rings. The van der Waals surface area contributed by atoms with E-state index in [1.807, 2.05) is 32.3 Å². The third-order valence-corrected chi connectivity index (χ3v) is 10.2. The van der Waals surface area contributed by atoms with Gasteiger partial charge >= 0.3 is 5.97 Å². The van der Waals surface area contributed by atoms with E-state index < -0.39 is 0 Å². The van der Waals surface area contributed by atoms with Gasteiger partial charge in [-0.2, -0.15) is 0 Å². The Morgan fingerprint density at radius 1 is 1.15 bits per heavy atom. The summed E-state index contributed by atoms with van der Waals surface area (Å²) in [5, 5.41) is 0.743. The molecule has 40 heavy (non-hydrogen) atoms. The molecule has 1 unspecified atom stereocenters. The van der Waals surface area contributed by atoms with E-state index >= 15 is 0 Å². The number of likely N-dealkylation sites (tertiary alicyclic amines) is 1. The second-order valence-electron chi connectivity index (χ2n) is 12.2. The van der Waals surface area contributed by atoms with Crippen LogP contribution in [0.1, 0.15) is 65.7 Å². The van der Waals surface area contributed by atoms with Crippen LogP contribution >= 0.6 is 22.9 Å². The van der Waals surface area contributed by atoms with E-state index in [-0.39, 0.29) is 36.2 Å². The Morgan fingerprint density at radius 2 is 1.95 bits per heavy atom. The molecule has 1 aliphatic carbocycles. The predicted molar refractivity (Wildman–Crippen MR) is 163 cm³/mol. The molecule has 1 aromatic carbocycles. The number of benzene rings is 1. The highest BCUT2D eigenvalue weighted by Gasteiger charge is 2.36. The largest absolute Gasteiger partial charge is 0.461 e. The fourth-order valence-electron chi connectivity index (χ4n) is 6.59. The highest BCUT2D eigenvalue weighted by Crippen LogP contribution is 2.35. The number of carbonyl (C=O) groups excluding carboxylic acids is 1. The van der Waals surface area contributed by atoms with Gasteiger partial charge in [0.1, 0.15) is 12.1 Å². The number of nitrogens with zero attached hydrogens (tertiary/aromatic N) is 3. The van der Waals surface area contributed by atoms with Gasteiger partial charge in [-0.15, -0.1) is 0 Å². The van der Waals surface area contributed by atoms with E-state index in [9.17, 15) is 4.79 Å². The minimum absolute atomic E-state index is 0.0434. The number of hydrogen-bond donors (Lipinski definition) is 0. The van der Waals surface area contributed by atoms with Gasteiger partial charge in [0, 0.05) is 19.2 Å². The summed E-state index contributed by atoms with van der Waals surface area (Å²) in [5.41, 5.74) is 1.14. The zero-order valence-electron chi connectivity index (χ0n) is 25.1. The Balaban J connectivity index is 1.27. The van der Waals surface area contributed by atoms with Crippen LogP contribution < -0.4 is 4.80 Å². The number of ether oxygens (including phenoxy) is 3. The lowest BCUT2D eigenvalue weighted by Crippen LogP contribution is -2.45. The number of methoxy groups -OCH3 is 1. The molecule has 2 heterocycles. The monoisotopic (exact) mass is 593 g/mol. The van der Waals surface area contributed by atoms with Crippen molar-refractivity contribution in [2.45, 2.75) is 90.1 Å². The third kappa shape index (κ3) is 7.88. The first-order valence-corrected chi connectivity index (χ1v) is 16.2. The van der Waals surface area contributed by atoms with Crippen LogP contribution in [0.5, 0.6) is 0 Å². The number of fused-ring (bicyclic) bond motifs is 1. The lowest BCUT2D eigenvalue weighted by atomic mass is 9.78. The number of aryl methyl sites for hydroxylation is 1. The van der Waals surface area contributed by atoms with Crippen LogP contribution in [0.15, 0.2) is 23.2 Å². The summed E-state index contributed by atoms with van der Waals surface area (Å²) < 4.78 is 21.6. The SMILES string of the molecule is CO[C@@H]1C[C@H](C[C@@H](C)[C@@H](OC(=O)C2CCCCN2C)C(C)C)CC[C@H]1OCCN=c1sc2cc(Cl)ccc2n1C. The number of carbonyl (C=O) groups is 1. The Kier molecular flexibility index (Phi) is 11.5. The number of likely N-dealkylation sites (N-methyl/N-ethyl adjacent to an activating group) is 1. The van der Waals surface area contributed by atoms with Gasteiger partial charge in [-0.05, 0) is 88.1 Å². The number of piperidine rings is 1. The zero-order chi connectivity index (χ0) is 28.8. The molecule has 2 aromatic rings. The Hall–Kier alpha value is -1.45. The molecule has 1 aliphatic heterocycles. The third-order valence-electron chi connectivity index (χ3n) is 8.80. The lowest BCUT2D eigenvalue weighted by molar-refractivity contribution is -0.162. The van der Waals surface area contributed by atoms with E-state index in [1.54, 1.807) is 18.4 Å². The van der Waals surface area contributed by atoms with Crippen LogP contribution in [0.4, 0.5) is 0 Å². The molecule has 6 atom stereocenters. The van der Waals surface area contributed by atoms with Crippen LogP contribution in [0.3, 0.4) is 0 Å². The van der Waals surface area contributed by atoms with Crippen molar-refractivity contribution < 1.29 is 19.0 Å². The number of thiazole rings is 1. The van der Waals surface area contributed by atoms with Crippen LogP contribution in [0, 0.1) is 17.8 Å². The second kappa shape index (κ2) is 14.6. The van der Waals surface area contributed by atoms with Crippen LogP contribution in [-0.4, -0.2) is 73.6 Å². The highest BCUT2D eigenvalue weighted by molar-refractivity contribution is 7.16. The second-order valence-corrected chi connectivity index (χ2v) is 13.6. The van der Waals surface area contributed by atoms with Crippen molar-refractivity contribution in [1.29, 1.82) is 0 Å². The normalized spacial score (nSPS) is 26.4. The fourth-order valence-corrected chi connectivity index (χ4v) is 7.91. The summed E-state index contributed by atoms with van der Waals surface area (Å²) in [6, 6.07) is 5.84. The van der Waals surface area contributed by atoms with Crippen LogP contribution in [0.25, 0.3) is 10.2 Å². The quantitative estimate of drug-likeness (QED) is 0.234. The first-order valence-electron chi connectivity index (χ1n) is 15.0. The van der Waals surface area contributed by atoms with Crippen LogP contribution in [0.2, 0.25) is 5.02 Å². The molecule has 0 N–H and O–H groups in total. The average Bonchev–Trinajstić information content (AvgIpc) is 3.24. The van der Waals surface area contributed by atoms with Crippen molar-refractivity contribution in [1.82, 2.24) is 9.47 Å². The van der Waals surface area contributed by atoms with E-state index in [1.165, 1.54) is 0 Å². The predicted octanol–water partition coefficient (Wildman–Crippen LogP) is 6.07. The van der Waals surface area contributed by atoms with Gasteiger partial charge in [-0.1, -0.05) is 50.1 Å². The van der Waals surface area contributed by atoms with Gasteiger partial charge in [0.25, 0.3) is 0 Å². The maximum Gasteiger partial charge on any atom is 0.323 e. The topological polar surface area (TPSA) is 65.3 Å². The molecule has 0 radical (unpaired) electrons. The molecular weight excluding hydrogens is 546 g/mol. The van der Waals surface area contributed by atoms with Crippen molar-refractivity contribution >= 4 is 39.1 Å². The molecule has 0 amide bonds. The number of halogens is 1. The van der Waals surface area contributed by atoms with E-state index in [0.29, 0.717) is 25.0 Å².